The topological polar surface area (TPSA) is 96.8 Å². The molecule has 2 aliphatic rings. The standard InChI is InChI=1S/C32H26Br2N2O6/c1-39-29-17(15-37)13-25(33)31(35-29)41-27-11-9-21-19(5-3-7-23(21)27)20-6-4-8-24-22(20)10-12-28(24)42-32-26(34)14-18(16-38)30(36-32)40-2/h3-8,13-16,27-28H,9-12H2,1-2H3/t27-,28?/m0/s1. The molecule has 42 heavy (non-hydrogen) atoms. The van der Waals surface area contributed by atoms with Crippen molar-refractivity contribution in [2.24, 2.45) is 0 Å². The molecule has 0 bridgehead atoms. The Kier molecular flexibility index (Phi) is 8.00. The number of halogens is 2. The van der Waals surface area contributed by atoms with Crippen molar-refractivity contribution in [1.29, 1.82) is 0 Å². The maximum absolute atomic E-state index is 11.4. The van der Waals surface area contributed by atoms with E-state index >= 15 is 0 Å². The maximum atomic E-state index is 11.4. The van der Waals surface area contributed by atoms with Crippen LogP contribution in [0.15, 0.2) is 57.5 Å². The van der Waals surface area contributed by atoms with Gasteiger partial charge in [0.1, 0.15) is 12.2 Å². The summed E-state index contributed by atoms with van der Waals surface area (Å²) < 4.78 is 24.5. The lowest BCUT2D eigenvalue weighted by Gasteiger charge is -2.18. The molecule has 6 rings (SSSR count). The van der Waals surface area contributed by atoms with Crippen LogP contribution in [0.25, 0.3) is 11.1 Å². The second-order valence-electron chi connectivity index (χ2n) is 10.0. The molecule has 0 spiro atoms. The van der Waals surface area contributed by atoms with Crippen molar-refractivity contribution in [1.82, 2.24) is 9.97 Å². The van der Waals surface area contributed by atoms with E-state index in [2.05, 4.69) is 78.2 Å². The molecule has 214 valence electrons. The number of carbonyl (C=O) groups is 2. The van der Waals surface area contributed by atoms with E-state index < -0.39 is 0 Å². The quantitative estimate of drug-likeness (QED) is 0.167. The Labute approximate surface area is 259 Å². The molecule has 2 atom stereocenters. The molecule has 2 heterocycles. The average Bonchev–Trinajstić information content (AvgIpc) is 3.62. The third-order valence-electron chi connectivity index (χ3n) is 7.74. The predicted octanol–water partition coefficient (Wildman–Crippen LogP) is 7.44. The van der Waals surface area contributed by atoms with Gasteiger partial charge in [-0.1, -0.05) is 36.4 Å². The van der Waals surface area contributed by atoms with E-state index in [1.54, 1.807) is 12.1 Å². The van der Waals surface area contributed by atoms with Crippen LogP contribution in [-0.2, 0) is 12.8 Å². The first-order valence-corrected chi connectivity index (χ1v) is 15.0. The molecule has 0 N–H and O–H groups in total. The molecule has 10 heteroatoms. The fourth-order valence-electron chi connectivity index (χ4n) is 5.85. The number of rotatable bonds is 9. The minimum Gasteiger partial charge on any atom is -0.480 e. The summed E-state index contributed by atoms with van der Waals surface area (Å²) >= 11 is 6.98. The van der Waals surface area contributed by atoms with Crippen molar-refractivity contribution in [3.8, 4) is 34.6 Å². The lowest BCUT2D eigenvalue weighted by Crippen LogP contribution is -2.07. The molecular formula is C32H26Br2N2O6. The highest BCUT2D eigenvalue weighted by molar-refractivity contribution is 9.10. The number of pyridine rings is 2. The van der Waals surface area contributed by atoms with Gasteiger partial charge in [0.25, 0.3) is 0 Å². The molecule has 0 aliphatic heterocycles. The Morgan fingerprint density at radius 2 is 1.12 bits per heavy atom. The van der Waals surface area contributed by atoms with Gasteiger partial charge in [0.05, 0.1) is 34.3 Å². The number of aromatic nitrogens is 2. The fraction of sp³-hybridized carbons (Fsp3) is 0.250. The largest absolute Gasteiger partial charge is 0.480 e. The van der Waals surface area contributed by atoms with Crippen LogP contribution in [0.2, 0.25) is 0 Å². The minimum atomic E-state index is -0.184. The molecule has 2 aliphatic carbocycles. The number of hydrogen-bond acceptors (Lipinski definition) is 8. The van der Waals surface area contributed by atoms with Crippen molar-refractivity contribution in [3.05, 3.63) is 90.9 Å². The number of hydrogen-bond donors (Lipinski definition) is 0. The SMILES string of the molecule is COc1nc(OC2CCc3c(-c4cccc5c4CC[C@@H]5Oc4nc(OC)c(C=O)cc4Br)cccc32)c(Br)cc1C=O. The van der Waals surface area contributed by atoms with E-state index in [9.17, 15) is 9.59 Å². The average molecular weight is 694 g/mol. The molecule has 0 saturated carbocycles. The van der Waals surface area contributed by atoms with Crippen molar-refractivity contribution in [3.63, 3.8) is 0 Å². The molecule has 0 fully saturated rings. The Balaban J connectivity index is 1.30. The van der Waals surface area contributed by atoms with Crippen LogP contribution in [0.1, 0.15) is 68.0 Å². The summed E-state index contributed by atoms with van der Waals surface area (Å²) in [6.45, 7) is 0. The van der Waals surface area contributed by atoms with E-state index in [-0.39, 0.29) is 24.0 Å². The molecule has 8 nitrogen and oxygen atoms in total. The van der Waals surface area contributed by atoms with Crippen LogP contribution in [-0.4, -0.2) is 36.8 Å². The first-order valence-electron chi connectivity index (χ1n) is 13.4. The lowest BCUT2D eigenvalue weighted by molar-refractivity contribution is 0.111. The highest BCUT2D eigenvalue weighted by Crippen LogP contribution is 2.46. The van der Waals surface area contributed by atoms with Gasteiger partial charge in [-0.05, 0) is 103 Å². The molecule has 0 saturated heterocycles. The van der Waals surface area contributed by atoms with Crippen molar-refractivity contribution < 1.29 is 28.5 Å². The zero-order valence-electron chi connectivity index (χ0n) is 22.9. The van der Waals surface area contributed by atoms with Gasteiger partial charge in [0, 0.05) is 0 Å². The zero-order chi connectivity index (χ0) is 29.4. The van der Waals surface area contributed by atoms with Crippen LogP contribution in [0.4, 0.5) is 0 Å². The maximum Gasteiger partial charge on any atom is 0.231 e. The Morgan fingerprint density at radius 1 is 0.690 bits per heavy atom. The molecule has 2 aromatic carbocycles. The van der Waals surface area contributed by atoms with E-state index in [4.69, 9.17) is 18.9 Å². The highest BCUT2D eigenvalue weighted by Gasteiger charge is 2.32. The second-order valence-corrected chi connectivity index (χ2v) is 11.7. The smallest absolute Gasteiger partial charge is 0.231 e. The Bertz CT molecular complexity index is 1580. The first kappa shape index (κ1) is 28.4. The summed E-state index contributed by atoms with van der Waals surface area (Å²) in [5.74, 6) is 1.23. The van der Waals surface area contributed by atoms with Crippen LogP contribution in [0, 0.1) is 0 Å². The zero-order valence-corrected chi connectivity index (χ0v) is 26.0. The number of benzene rings is 2. The van der Waals surface area contributed by atoms with Gasteiger partial charge in [0.2, 0.25) is 23.5 Å². The van der Waals surface area contributed by atoms with Gasteiger partial charge >= 0.3 is 0 Å². The molecular weight excluding hydrogens is 668 g/mol. The Hall–Kier alpha value is -3.76. The number of ether oxygens (including phenoxy) is 4. The normalized spacial score (nSPS) is 16.9. The van der Waals surface area contributed by atoms with Crippen molar-refractivity contribution in [2.75, 3.05) is 14.2 Å². The lowest BCUT2D eigenvalue weighted by atomic mass is 9.91. The minimum absolute atomic E-state index is 0.184. The van der Waals surface area contributed by atoms with Gasteiger partial charge in [-0.3, -0.25) is 9.59 Å². The second kappa shape index (κ2) is 11.9. The van der Waals surface area contributed by atoms with Gasteiger partial charge in [-0.25, -0.2) is 0 Å². The van der Waals surface area contributed by atoms with Gasteiger partial charge in [-0.15, -0.1) is 0 Å². The summed E-state index contributed by atoms with van der Waals surface area (Å²) in [6, 6.07) is 16.0. The van der Waals surface area contributed by atoms with E-state index in [1.165, 1.54) is 36.5 Å². The van der Waals surface area contributed by atoms with Gasteiger partial charge in [0.15, 0.2) is 12.6 Å². The number of aldehydes is 2. The first-order chi connectivity index (χ1) is 20.4. The highest BCUT2D eigenvalue weighted by atomic mass is 79.9. The third-order valence-corrected chi connectivity index (χ3v) is 8.88. The molecule has 4 aromatic rings. The predicted molar refractivity (Wildman–Crippen MR) is 163 cm³/mol. The van der Waals surface area contributed by atoms with Crippen LogP contribution in [0.3, 0.4) is 0 Å². The summed E-state index contributed by atoms with van der Waals surface area (Å²) in [5.41, 5.74) is 7.84. The van der Waals surface area contributed by atoms with Gasteiger partial charge in [-0.2, -0.15) is 9.97 Å². The summed E-state index contributed by atoms with van der Waals surface area (Å²) in [5, 5.41) is 0. The summed E-state index contributed by atoms with van der Waals surface area (Å²) in [6.07, 6.45) is 4.38. The number of fused-ring (bicyclic) bond motifs is 2. The van der Waals surface area contributed by atoms with Crippen LogP contribution < -0.4 is 18.9 Å². The molecule has 0 amide bonds. The van der Waals surface area contributed by atoms with Gasteiger partial charge < -0.3 is 18.9 Å². The van der Waals surface area contributed by atoms with Crippen molar-refractivity contribution >= 4 is 44.4 Å². The van der Waals surface area contributed by atoms with Crippen LogP contribution >= 0.6 is 31.9 Å². The van der Waals surface area contributed by atoms with E-state index in [0.29, 0.717) is 44.4 Å². The van der Waals surface area contributed by atoms with E-state index in [0.717, 1.165) is 36.8 Å². The molecule has 0 radical (unpaired) electrons. The van der Waals surface area contributed by atoms with E-state index in [1.807, 2.05) is 0 Å². The Morgan fingerprint density at radius 3 is 1.50 bits per heavy atom. The summed E-state index contributed by atoms with van der Waals surface area (Å²) in [4.78, 5) is 31.6. The monoisotopic (exact) mass is 692 g/mol. The number of methoxy groups -OCH3 is 2. The van der Waals surface area contributed by atoms with Crippen LogP contribution in [0.5, 0.6) is 23.5 Å². The fourth-order valence-corrected chi connectivity index (χ4v) is 6.71. The third kappa shape index (κ3) is 5.07. The molecule has 2 aromatic heterocycles. The van der Waals surface area contributed by atoms with Crippen molar-refractivity contribution in [2.45, 2.75) is 37.9 Å². The summed E-state index contributed by atoms with van der Waals surface area (Å²) in [7, 11) is 2.96. The number of nitrogens with zero attached hydrogens (tertiary/aromatic N) is 2. The molecule has 1 unspecified atom stereocenters. The number of carbonyl (C=O) groups excluding carboxylic acids is 2.